The van der Waals surface area contributed by atoms with Gasteiger partial charge in [-0.1, -0.05) is 61.2 Å². The first-order valence-corrected chi connectivity index (χ1v) is 13.3. The van der Waals surface area contributed by atoms with Crippen LogP contribution in [0, 0.1) is 0 Å². The van der Waals surface area contributed by atoms with Crippen molar-refractivity contribution in [3.63, 3.8) is 0 Å². The first kappa shape index (κ1) is 27.1. The fraction of sp³-hybridized carbons (Fsp3) is 0.241. The molecule has 0 radical (unpaired) electrons. The topological polar surface area (TPSA) is 102 Å². The van der Waals surface area contributed by atoms with Gasteiger partial charge in [0.05, 0.1) is 29.8 Å². The van der Waals surface area contributed by atoms with Crippen LogP contribution in [0.15, 0.2) is 82.7 Å². The second-order valence-electron chi connectivity index (χ2n) is 8.60. The van der Waals surface area contributed by atoms with E-state index in [1.54, 1.807) is 42.0 Å². The molecule has 3 aromatic carbocycles. The van der Waals surface area contributed by atoms with Crippen molar-refractivity contribution in [1.82, 2.24) is 14.9 Å². The van der Waals surface area contributed by atoms with Gasteiger partial charge >= 0.3 is 0 Å². The molecule has 1 heterocycles. The number of carbonyl (C=O) groups excluding carboxylic acids is 2. The first-order valence-electron chi connectivity index (χ1n) is 12.4. The molecule has 0 fully saturated rings. The van der Waals surface area contributed by atoms with Crippen LogP contribution in [0.1, 0.15) is 28.4 Å². The molecule has 0 aliphatic rings. The second-order valence-corrected chi connectivity index (χ2v) is 9.54. The summed E-state index contributed by atoms with van der Waals surface area (Å²) in [5.74, 6) is -0.262. The number of nitrogens with one attached hydrogen (secondary N) is 2. The Kier molecular flexibility index (Phi) is 9.29. The van der Waals surface area contributed by atoms with Gasteiger partial charge in [-0.15, -0.1) is 0 Å². The Bertz CT molecular complexity index is 1480. The molecule has 0 saturated heterocycles. The van der Waals surface area contributed by atoms with Crippen LogP contribution in [0.5, 0.6) is 0 Å². The van der Waals surface area contributed by atoms with E-state index in [4.69, 9.17) is 9.72 Å². The number of nitrogens with zero attached hydrogens (tertiary/aromatic N) is 2. The molecule has 1 aromatic heterocycles. The molecular formula is C29H30N4O4S. The van der Waals surface area contributed by atoms with Gasteiger partial charge in [0.1, 0.15) is 0 Å². The van der Waals surface area contributed by atoms with Gasteiger partial charge in [-0.3, -0.25) is 19.0 Å². The number of thioether (sulfide) groups is 1. The van der Waals surface area contributed by atoms with Gasteiger partial charge in [-0.2, -0.15) is 0 Å². The Morgan fingerprint density at radius 2 is 1.74 bits per heavy atom. The van der Waals surface area contributed by atoms with Crippen LogP contribution >= 0.6 is 11.8 Å². The summed E-state index contributed by atoms with van der Waals surface area (Å²) in [6.45, 7) is 3.15. The van der Waals surface area contributed by atoms with E-state index in [9.17, 15) is 14.4 Å². The van der Waals surface area contributed by atoms with E-state index in [1.807, 2.05) is 49.4 Å². The monoisotopic (exact) mass is 530 g/mol. The lowest BCUT2D eigenvalue weighted by Crippen LogP contribution is -2.27. The quantitative estimate of drug-likeness (QED) is 0.172. The molecule has 0 bridgehead atoms. The Balaban J connectivity index is 1.54. The van der Waals surface area contributed by atoms with Crippen LogP contribution in [0.2, 0.25) is 0 Å². The molecule has 38 heavy (non-hydrogen) atoms. The summed E-state index contributed by atoms with van der Waals surface area (Å²) in [4.78, 5) is 43.2. The van der Waals surface area contributed by atoms with Crippen molar-refractivity contribution in [3.8, 4) is 0 Å². The number of aryl methyl sites for hydroxylation is 1. The van der Waals surface area contributed by atoms with Gasteiger partial charge in [0.2, 0.25) is 5.91 Å². The number of hydrogen-bond donors (Lipinski definition) is 2. The predicted molar refractivity (Wildman–Crippen MR) is 151 cm³/mol. The molecule has 0 aliphatic carbocycles. The normalized spacial score (nSPS) is 10.9. The van der Waals surface area contributed by atoms with Gasteiger partial charge in [-0.25, -0.2) is 4.98 Å². The van der Waals surface area contributed by atoms with Gasteiger partial charge < -0.3 is 15.4 Å². The second kappa shape index (κ2) is 13.0. The van der Waals surface area contributed by atoms with Crippen molar-refractivity contribution in [3.05, 3.63) is 99.8 Å². The average Bonchev–Trinajstić information content (AvgIpc) is 2.94. The summed E-state index contributed by atoms with van der Waals surface area (Å²) in [5.41, 5.74) is 3.60. The number of rotatable bonds is 11. The molecule has 196 valence electrons. The molecule has 0 atom stereocenters. The number of fused-ring (bicyclic) bond motifs is 1. The van der Waals surface area contributed by atoms with Gasteiger partial charge in [0.25, 0.3) is 11.5 Å². The number of para-hydroxylation sites is 2. The zero-order valence-electron chi connectivity index (χ0n) is 21.4. The maximum Gasteiger partial charge on any atom is 0.262 e. The molecule has 4 aromatic rings. The summed E-state index contributed by atoms with van der Waals surface area (Å²) in [6, 6.07) is 22.0. The van der Waals surface area contributed by atoms with E-state index in [0.717, 1.165) is 23.2 Å². The molecule has 0 unspecified atom stereocenters. The average molecular weight is 531 g/mol. The Morgan fingerprint density at radius 3 is 2.50 bits per heavy atom. The van der Waals surface area contributed by atoms with Crippen LogP contribution in [0.25, 0.3) is 10.9 Å². The maximum absolute atomic E-state index is 13.4. The van der Waals surface area contributed by atoms with Crippen LogP contribution in [-0.2, 0) is 22.5 Å². The molecule has 0 spiro atoms. The molecule has 2 amide bonds. The van der Waals surface area contributed by atoms with E-state index in [0.29, 0.717) is 34.8 Å². The van der Waals surface area contributed by atoms with Gasteiger partial charge in [0, 0.05) is 24.9 Å². The van der Waals surface area contributed by atoms with Crippen molar-refractivity contribution < 1.29 is 14.3 Å². The highest BCUT2D eigenvalue weighted by Crippen LogP contribution is 2.21. The van der Waals surface area contributed by atoms with Crippen LogP contribution in [-0.4, -0.2) is 47.4 Å². The summed E-state index contributed by atoms with van der Waals surface area (Å²) in [6.07, 6.45) is 0.809. The zero-order valence-corrected chi connectivity index (χ0v) is 22.2. The SMILES string of the molecule is CCc1ccccc1NC(=O)CSc1nc2ccccc2c(=O)n1Cc1ccc(C(=O)NCCOC)cc1. The highest BCUT2D eigenvalue weighted by Gasteiger charge is 2.15. The largest absolute Gasteiger partial charge is 0.383 e. The third-order valence-corrected chi connectivity index (χ3v) is 6.96. The lowest BCUT2D eigenvalue weighted by atomic mass is 10.1. The highest BCUT2D eigenvalue weighted by molar-refractivity contribution is 7.99. The zero-order chi connectivity index (χ0) is 26.9. The van der Waals surface area contributed by atoms with Crippen LogP contribution in [0.4, 0.5) is 5.69 Å². The smallest absolute Gasteiger partial charge is 0.262 e. The predicted octanol–water partition coefficient (Wildman–Crippen LogP) is 4.11. The molecule has 0 saturated carbocycles. The van der Waals surface area contributed by atoms with E-state index in [1.165, 1.54) is 11.8 Å². The van der Waals surface area contributed by atoms with Crippen LogP contribution in [0.3, 0.4) is 0 Å². The molecule has 8 nitrogen and oxygen atoms in total. The molecule has 2 N–H and O–H groups in total. The van der Waals surface area contributed by atoms with E-state index in [-0.39, 0.29) is 29.7 Å². The fourth-order valence-corrected chi connectivity index (χ4v) is 4.78. The third kappa shape index (κ3) is 6.67. The third-order valence-electron chi connectivity index (χ3n) is 5.98. The lowest BCUT2D eigenvalue weighted by Gasteiger charge is -2.14. The van der Waals surface area contributed by atoms with Crippen molar-refractivity contribution >= 4 is 40.2 Å². The highest BCUT2D eigenvalue weighted by atomic mass is 32.2. The standard InChI is InChI=1S/C29H30N4O4S/c1-3-21-8-4-6-10-24(21)31-26(34)19-38-29-32-25-11-7-5-9-23(25)28(36)33(29)18-20-12-14-22(15-13-20)27(35)30-16-17-37-2/h4-15H,3,16-19H2,1-2H3,(H,30,35)(H,31,34). The Labute approximate surface area is 225 Å². The lowest BCUT2D eigenvalue weighted by molar-refractivity contribution is -0.113. The number of hydrogen-bond acceptors (Lipinski definition) is 6. The minimum absolute atomic E-state index is 0.101. The van der Waals surface area contributed by atoms with Crippen molar-refractivity contribution in [1.29, 1.82) is 0 Å². The fourth-order valence-electron chi connectivity index (χ4n) is 3.98. The van der Waals surface area contributed by atoms with Crippen LogP contribution < -0.4 is 16.2 Å². The summed E-state index contributed by atoms with van der Waals surface area (Å²) >= 11 is 1.22. The van der Waals surface area contributed by atoms with E-state index in [2.05, 4.69) is 10.6 Å². The maximum atomic E-state index is 13.4. The Hall–Kier alpha value is -3.95. The summed E-state index contributed by atoms with van der Waals surface area (Å²) in [7, 11) is 1.58. The summed E-state index contributed by atoms with van der Waals surface area (Å²) < 4.78 is 6.54. The molecular weight excluding hydrogens is 500 g/mol. The van der Waals surface area contributed by atoms with Crippen molar-refractivity contribution in [2.24, 2.45) is 0 Å². The molecule has 4 rings (SSSR count). The summed E-state index contributed by atoms with van der Waals surface area (Å²) in [5, 5.41) is 6.72. The number of benzene rings is 3. The van der Waals surface area contributed by atoms with Crippen molar-refractivity contribution in [2.75, 3.05) is 31.3 Å². The number of anilines is 1. The molecule has 0 aliphatic heterocycles. The number of aromatic nitrogens is 2. The molecule has 9 heteroatoms. The van der Waals surface area contributed by atoms with Gasteiger partial charge in [0.15, 0.2) is 5.16 Å². The number of carbonyl (C=O) groups is 2. The minimum atomic E-state index is -0.190. The first-order chi connectivity index (χ1) is 18.5. The number of amides is 2. The number of methoxy groups -OCH3 is 1. The Morgan fingerprint density at radius 1 is 1.00 bits per heavy atom. The van der Waals surface area contributed by atoms with Gasteiger partial charge in [-0.05, 0) is 47.9 Å². The minimum Gasteiger partial charge on any atom is -0.383 e. The van der Waals surface area contributed by atoms with E-state index < -0.39 is 0 Å². The van der Waals surface area contributed by atoms with E-state index >= 15 is 0 Å². The van der Waals surface area contributed by atoms with Crippen molar-refractivity contribution in [2.45, 2.75) is 25.0 Å². The number of ether oxygens (including phenoxy) is 1.